The van der Waals surface area contributed by atoms with Crippen LogP contribution in [0.3, 0.4) is 0 Å². The molecule has 1 aromatic rings. The molecule has 0 aromatic heterocycles. The minimum atomic E-state index is -0.761. The summed E-state index contributed by atoms with van der Waals surface area (Å²) in [4.78, 5) is 32.1. The lowest BCUT2D eigenvalue weighted by atomic mass is 9.91. The van der Waals surface area contributed by atoms with Gasteiger partial charge in [-0.2, -0.15) is 0 Å². The first-order valence-electron chi connectivity index (χ1n) is 9.59. The summed E-state index contributed by atoms with van der Waals surface area (Å²) in [5, 5.41) is 4.07. The van der Waals surface area contributed by atoms with Gasteiger partial charge >= 0.3 is 6.09 Å². The number of ether oxygens (including phenoxy) is 1. The molecule has 1 unspecified atom stereocenters. The third-order valence-corrected chi connectivity index (χ3v) is 5.19. The quantitative estimate of drug-likeness (QED) is 0.759. The summed E-state index contributed by atoms with van der Waals surface area (Å²) in [5.74, 6) is 0.196. The second-order valence-corrected chi connectivity index (χ2v) is 8.27. The van der Waals surface area contributed by atoms with Gasteiger partial charge < -0.3 is 9.57 Å². The summed E-state index contributed by atoms with van der Waals surface area (Å²) in [7, 11) is 0. The highest BCUT2D eigenvalue weighted by Gasteiger charge is 2.52. The van der Waals surface area contributed by atoms with E-state index in [1.54, 1.807) is 0 Å². The van der Waals surface area contributed by atoms with Crippen molar-refractivity contribution in [3.8, 4) is 0 Å². The van der Waals surface area contributed by atoms with Gasteiger partial charge in [0.05, 0.1) is 11.8 Å². The van der Waals surface area contributed by atoms with Crippen molar-refractivity contribution in [1.29, 1.82) is 0 Å². The first kappa shape index (κ1) is 19.4. The van der Waals surface area contributed by atoms with Crippen molar-refractivity contribution in [2.45, 2.75) is 71.1 Å². The van der Waals surface area contributed by atoms with E-state index in [9.17, 15) is 9.59 Å². The van der Waals surface area contributed by atoms with E-state index in [2.05, 4.69) is 19.0 Å². The number of hydrogen-bond acceptors (Lipinski definition) is 5. The Hall–Kier alpha value is -2.37. The molecule has 0 radical (unpaired) electrons. The summed E-state index contributed by atoms with van der Waals surface area (Å²) in [5.41, 5.74) is 1.17. The van der Waals surface area contributed by atoms with Crippen LogP contribution in [0, 0.1) is 5.92 Å². The minimum Gasteiger partial charge on any atom is -0.441 e. The number of cyclic esters (lactones) is 1. The molecule has 2 atom stereocenters. The standard InChI is InChI=1S/C21H28N2O4/c1-14(2)10-11-16-13-17(27-22-16)19(24)23-18(21(3,4)26-20(23)25)12-15-8-6-5-7-9-15/h5-9,14,17-18H,10-13H2,1-4H3/t17?,18-/m0/s1. The summed E-state index contributed by atoms with van der Waals surface area (Å²) < 4.78 is 5.51. The maximum absolute atomic E-state index is 13.1. The first-order valence-corrected chi connectivity index (χ1v) is 9.59. The van der Waals surface area contributed by atoms with Crippen LogP contribution < -0.4 is 0 Å². The van der Waals surface area contributed by atoms with E-state index in [1.165, 1.54) is 4.90 Å². The molecule has 2 aliphatic heterocycles. The number of rotatable bonds is 6. The molecule has 0 aliphatic carbocycles. The Morgan fingerprint density at radius 3 is 2.67 bits per heavy atom. The third kappa shape index (κ3) is 4.31. The number of imide groups is 1. The molecule has 1 aromatic carbocycles. The predicted octanol–water partition coefficient (Wildman–Crippen LogP) is 3.94. The van der Waals surface area contributed by atoms with Gasteiger partial charge in [-0.1, -0.05) is 49.3 Å². The number of carbonyl (C=O) groups excluding carboxylic acids is 2. The Balaban J connectivity index is 1.71. The Morgan fingerprint density at radius 2 is 2.00 bits per heavy atom. The molecule has 6 heteroatoms. The van der Waals surface area contributed by atoms with Gasteiger partial charge in [-0.05, 0) is 44.6 Å². The van der Waals surface area contributed by atoms with Crippen LogP contribution in [-0.2, 0) is 20.8 Å². The first-order chi connectivity index (χ1) is 12.8. The van der Waals surface area contributed by atoms with E-state index >= 15 is 0 Å². The molecule has 2 aliphatic rings. The van der Waals surface area contributed by atoms with Gasteiger partial charge in [0.2, 0.25) is 6.10 Å². The molecule has 6 nitrogen and oxygen atoms in total. The van der Waals surface area contributed by atoms with Crippen molar-refractivity contribution >= 4 is 17.7 Å². The fourth-order valence-electron chi connectivity index (χ4n) is 3.52. The van der Waals surface area contributed by atoms with E-state index in [-0.39, 0.29) is 11.9 Å². The Morgan fingerprint density at radius 1 is 1.30 bits per heavy atom. The van der Waals surface area contributed by atoms with Crippen molar-refractivity contribution in [2.75, 3.05) is 0 Å². The second kappa shape index (κ2) is 7.71. The number of amides is 2. The van der Waals surface area contributed by atoms with E-state index in [0.29, 0.717) is 18.8 Å². The van der Waals surface area contributed by atoms with E-state index in [1.807, 2.05) is 44.2 Å². The van der Waals surface area contributed by atoms with Crippen LogP contribution in [0.2, 0.25) is 0 Å². The Bertz CT molecular complexity index is 727. The second-order valence-electron chi connectivity index (χ2n) is 8.27. The van der Waals surface area contributed by atoms with Crippen molar-refractivity contribution in [2.24, 2.45) is 11.1 Å². The molecule has 0 spiro atoms. The topological polar surface area (TPSA) is 68.2 Å². The smallest absolute Gasteiger partial charge is 0.417 e. The van der Waals surface area contributed by atoms with Gasteiger partial charge in [0.15, 0.2) is 0 Å². The maximum Gasteiger partial charge on any atom is 0.417 e. The zero-order valence-corrected chi connectivity index (χ0v) is 16.5. The van der Waals surface area contributed by atoms with Crippen LogP contribution in [-0.4, -0.2) is 40.4 Å². The van der Waals surface area contributed by atoms with Crippen molar-refractivity contribution in [3.05, 3.63) is 35.9 Å². The van der Waals surface area contributed by atoms with Gasteiger partial charge in [0.1, 0.15) is 5.60 Å². The van der Waals surface area contributed by atoms with Crippen LogP contribution >= 0.6 is 0 Å². The van der Waals surface area contributed by atoms with Gasteiger partial charge in [0, 0.05) is 6.42 Å². The van der Waals surface area contributed by atoms with Crippen molar-refractivity contribution < 1.29 is 19.2 Å². The molecule has 146 valence electrons. The normalized spacial score (nSPS) is 24.0. The van der Waals surface area contributed by atoms with Crippen LogP contribution in [0.15, 0.2) is 35.5 Å². The number of nitrogens with zero attached hydrogens (tertiary/aromatic N) is 2. The van der Waals surface area contributed by atoms with Crippen LogP contribution in [0.4, 0.5) is 4.79 Å². The zero-order chi connectivity index (χ0) is 19.6. The number of oxime groups is 1. The molecule has 0 N–H and O–H groups in total. The average molecular weight is 372 g/mol. The fraction of sp³-hybridized carbons (Fsp3) is 0.571. The molecule has 0 saturated carbocycles. The Labute approximate surface area is 160 Å². The molecular weight excluding hydrogens is 344 g/mol. The van der Waals surface area contributed by atoms with Crippen LogP contribution in [0.1, 0.15) is 52.5 Å². The molecule has 27 heavy (non-hydrogen) atoms. The molecule has 2 heterocycles. The van der Waals surface area contributed by atoms with E-state index in [4.69, 9.17) is 9.57 Å². The van der Waals surface area contributed by atoms with Crippen LogP contribution in [0.25, 0.3) is 0 Å². The van der Waals surface area contributed by atoms with E-state index in [0.717, 1.165) is 24.1 Å². The summed E-state index contributed by atoms with van der Waals surface area (Å²) in [6.07, 6.45) is 1.44. The minimum absolute atomic E-state index is 0.366. The molecular formula is C21H28N2O4. The number of benzene rings is 1. The summed E-state index contributed by atoms with van der Waals surface area (Å²) in [6.45, 7) is 7.97. The lowest BCUT2D eigenvalue weighted by Gasteiger charge is -2.28. The number of hydrogen-bond donors (Lipinski definition) is 0. The lowest BCUT2D eigenvalue weighted by molar-refractivity contribution is -0.140. The largest absolute Gasteiger partial charge is 0.441 e. The highest BCUT2D eigenvalue weighted by atomic mass is 16.6. The van der Waals surface area contributed by atoms with Gasteiger partial charge in [-0.25, -0.2) is 9.69 Å². The van der Waals surface area contributed by atoms with Gasteiger partial charge in [-0.15, -0.1) is 0 Å². The summed E-state index contributed by atoms with van der Waals surface area (Å²) in [6, 6.07) is 9.42. The van der Waals surface area contributed by atoms with Crippen molar-refractivity contribution in [3.63, 3.8) is 0 Å². The Kier molecular flexibility index (Phi) is 5.53. The number of carbonyl (C=O) groups is 2. The van der Waals surface area contributed by atoms with Gasteiger partial charge in [0.25, 0.3) is 5.91 Å². The highest BCUT2D eigenvalue weighted by molar-refractivity contribution is 6.00. The zero-order valence-electron chi connectivity index (χ0n) is 16.5. The van der Waals surface area contributed by atoms with Crippen LogP contribution in [0.5, 0.6) is 0 Å². The highest BCUT2D eigenvalue weighted by Crippen LogP contribution is 2.33. The SMILES string of the molecule is CC(C)CCC1=NOC(C(=O)N2C(=O)OC(C)(C)[C@@H]2Cc2ccccc2)C1. The molecule has 3 rings (SSSR count). The molecule has 2 amide bonds. The lowest BCUT2D eigenvalue weighted by Crippen LogP contribution is -2.49. The monoisotopic (exact) mass is 372 g/mol. The van der Waals surface area contributed by atoms with Crippen molar-refractivity contribution in [1.82, 2.24) is 4.90 Å². The summed E-state index contributed by atoms with van der Waals surface area (Å²) >= 11 is 0. The molecule has 0 bridgehead atoms. The molecule has 1 saturated heterocycles. The molecule has 1 fully saturated rings. The maximum atomic E-state index is 13.1. The fourth-order valence-corrected chi connectivity index (χ4v) is 3.52. The predicted molar refractivity (Wildman–Crippen MR) is 102 cm³/mol. The third-order valence-electron chi connectivity index (χ3n) is 5.19. The van der Waals surface area contributed by atoms with E-state index < -0.39 is 17.8 Å². The van der Waals surface area contributed by atoms with Gasteiger partial charge in [-0.3, -0.25) is 4.79 Å². The average Bonchev–Trinajstić information content (AvgIpc) is 3.16.